The number of benzene rings is 3. The van der Waals surface area contributed by atoms with Crippen molar-refractivity contribution in [3.63, 3.8) is 0 Å². The Kier molecular flexibility index (Phi) is 7.33. The van der Waals surface area contributed by atoms with Crippen molar-refractivity contribution in [1.29, 1.82) is 0 Å². The molecule has 3 aromatic rings. The van der Waals surface area contributed by atoms with Gasteiger partial charge in [-0.2, -0.15) is 0 Å². The van der Waals surface area contributed by atoms with E-state index in [9.17, 15) is 9.18 Å². The number of nitrogens with zero attached hydrogens (tertiary/aromatic N) is 1. The lowest BCUT2D eigenvalue weighted by Crippen LogP contribution is -2.24. The predicted octanol–water partition coefficient (Wildman–Crippen LogP) is 5.39. The summed E-state index contributed by atoms with van der Waals surface area (Å²) in [6.07, 6.45) is 0. The Hall–Kier alpha value is -3.58. The monoisotopic (exact) mass is 464 g/mol. The summed E-state index contributed by atoms with van der Waals surface area (Å²) in [5.74, 6) is 1.37. The van der Waals surface area contributed by atoms with Gasteiger partial charge in [0, 0.05) is 17.8 Å². The van der Waals surface area contributed by atoms with Crippen molar-refractivity contribution < 1.29 is 23.4 Å². The Labute approximate surface area is 199 Å². The fraction of sp³-hybridized carbons (Fsp3) is 0.296. The largest absolute Gasteiger partial charge is 0.483 e. The number of halogens is 1. The van der Waals surface area contributed by atoms with Gasteiger partial charge >= 0.3 is 0 Å². The number of ether oxygens (including phenoxy) is 3. The van der Waals surface area contributed by atoms with Crippen molar-refractivity contribution in [1.82, 2.24) is 4.90 Å². The maximum Gasteiger partial charge on any atom is 0.262 e. The fourth-order valence-corrected chi connectivity index (χ4v) is 3.85. The minimum absolute atomic E-state index is 0.176. The molecule has 1 aliphatic rings. The molecular formula is C27H29FN2O4. The second kappa shape index (κ2) is 10.6. The van der Waals surface area contributed by atoms with Crippen LogP contribution in [0.25, 0.3) is 11.1 Å². The van der Waals surface area contributed by atoms with Gasteiger partial charge in [-0.05, 0) is 73.1 Å². The van der Waals surface area contributed by atoms with Gasteiger partial charge in [0.05, 0.1) is 0 Å². The lowest BCUT2D eigenvalue weighted by atomic mass is 10.0. The zero-order chi connectivity index (χ0) is 24.1. The molecule has 0 saturated carbocycles. The molecule has 0 saturated heterocycles. The molecule has 1 heterocycles. The van der Waals surface area contributed by atoms with E-state index in [1.54, 1.807) is 6.07 Å². The lowest BCUT2D eigenvalue weighted by Gasteiger charge is -2.21. The molecular weight excluding hydrogens is 435 g/mol. The molecule has 0 spiro atoms. The molecule has 0 unspecified atom stereocenters. The molecule has 0 bridgehead atoms. The number of amides is 1. The van der Waals surface area contributed by atoms with Gasteiger partial charge in [-0.3, -0.25) is 9.69 Å². The van der Waals surface area contributed by atoms with Crippen LogP contribution in [0.2, 0.25) is 0 Å². The van der Waals surface area contributed by atoms with Crippen molar-refractivity contribution in [2.75, 3.05) is 31.8 Å². The van der Waals surface area contributed by atoms with E-state index in [0.717, 1.165) is 46.8 Å². The van der Waals surface area contributed by atoms with Gasteiger partial charge in [0.25, 0.3) is 5.91 Å². The number of anilines is 1. The highest BCUT2D eigenvalue weighted by molar-refractivity contribution is 5.92. The van der Waals surface area contributed by atoms with E-state index in [0.29, 0.717) is 18.0 Å². The van der Waals surface area contributed by atoms with E-state index >= 15 is 0 Å². The van der Waals surface area contributed by atoms with Crippen molar-refractivity contribution in [3.8, 4) is 28.4 Å². The summed E-state index contributed by atoms with van der Waals surface area (Å²) in [4.78, 5) is 14.8. The minimum atomic E-state index is -0.401. The van der Waals surface area contributed by atoms with E-state index in [-0.39, 0.29) is 19.3 Å². The van der Waals surface area contributed by atoms with Gasteiger partial charge in [-0.25, -0.2) is 4.39 Å². The van der Waals surface area contributed by atoms with Crippen LogP contribution in [-0.4, -0.2) is 37.3 Å². The van der Waals surface area contributed by atoms with Crippen molar-refractivity contribution in [3.05, 3.63) is 71.5 Å². The number of rotatable bonds is 9. The Balaban J connectivity index is 1.53. The third-order valence-electron chi connectivity index (χ3n) is 5.89. The summed E-state index contributed by atoms with van der Waals surface area (Å²) in [6.45, 7) is 8.56. The molecule has 0 aromatic heterocycles. The number of hydrogen-bond acceptors (Lipinski definition) is 5. The van der Waals surface area contributed by atoms with Crippen LogP contribution in [0.5, 0.6) is 17.2 Å². The summed E-state index contributed by atoms with van der Waals surface area (Å²) >= 11 is 0. The summed E-state index contributed by atoms with van der Waals surface area (Å²) in [6, 6.07) is 16.1. The van der Waals surface area contributed by atoms with Crippen LogP contribution < -0.4 is 19.5 Å². The molecule has 34 heavy (non-hydrogen) atoms. The standard InChI is InChI=1S/C27H29FN2O4/c1-4-30(5-2)15-21-12-19(20-8-11-25-26(13-20)34-17-33-25)7-10-24(21)32-16-27(31)29-23-14-22(28)9-6-18(23)3/h6-14H,4-5,15-17H2,1-3H3,(H,29,31). The Morgan fingerprint density at radius 3 is 2.53 bits per heavy atom. The van der Waals surface area contributed by atoms with Crippen LogP contribution in [0, 0.1) is 12.7 Å². The van der Waals surface area contributed by atoms with Crippen molar-refractivity contribution >= 4 is 11.6 Å². The van der Waals surface area contributed by atoms with Crippen LogP contribution in [0.1, 0.15) is 25.0 Å². The second-order valence-corrected chi connectivity index (χ2v) is 8.15. The molecule has 1 aliphatic heterocycles. The number of carbonyl (C=O) groups excluding carboxylic acids is 1. The highest BCUT2D eigenvalue weighted by Gasteiger charge is 2.16. The van der Waals surface area contributed by atoms with Crippen LogP contribution in [0.4, 0.5) is 10.1 Å². The molecule has 3 aromatic carbocycles. The van der Waals surface area contributed by atoms with Crippen LogP contribution in [0.3, 0.4) is 0 Å². The van der Waals surface area contributed by atoms with Crippen LogP contribution in [-0.2, 0) is 11.3 Å². The molecule has 0 fully saturated rings. The second-order valence-electron chi connectivity index (χ2n) is 8.15. The van der Waals surface area contributed by atoms with E-state index in [2.05, 4.69) is 30.1 Å². The van der Waals surface area contributed by atoms with Crippen LogP contribution in [0.15, 0.2) is 54.6 Å². The normalized spacial score (nSPS) is 12.1. The molecule has 7 heteroatoms. The lowest BCUT2D eigenvalue weighted by molar-refractivity contribution is -0.118. The summed E-state index contributed by atoms with van der Waals surface area (Å²) < 4.78 is 30.4. The van der Waals surface area contributed by atoms with E-state index < -0.39 is 5.82 Å². The quantitative estimate of drug-likeness (QED) is 0.460. The van der Waals surface area contributed by atoms with Crippen molar-refractivity contribution in [2.45, 2.75) is 27.3 Å². The number of aryl methyl sites for hydroxylation is 1. The first-order chi connectivity index (χ1) is 16.5. The maximum absolute atomic E-state index is 13.5. The zero-order valence-electron chi connectivity index (χ0n) is 19.7. The SMILES string of the molecule is CCN(CC)Cc1cc(-c2ccc3c(c2)OCO3)ccc1OCC(=O)Nc1cc(F)ccc1C. The summed E-state index contributed by atoms with van der Waals surface area (Å²) in [5, 5.41) is 2.72. The molecule has 6 nitrogen and oxygen atoms in total. The molecule has 0 radical (unpaired) electrons. The first kappa shape index (κ1) is 23.6. The van der Waals surface area contributed by atoms with Gasteiger partial charge in [0.2, 0.25) is 6.79 Å². The Morgan fingerprint density at radius 1 is 1.00 bits per heavy atom. The minimum Gasteiger partial charge on any atom is -0.483 e. The number of carbonyl (C=O) groups is 1. The number of nitrogens with one attached hydrogen (secondary N) is 1. The topological polar surface area (TPSA) is 60.0 Å². The van der Waals surface area contributed by atoms with Crippen LogP contribution >= 0.6 is 0 Å². The summed E-state index contributed by atoms with van der Waals surface area (Å²) in [7, 11) is 0. The van der Waals surface area contributed by atoms with Gasteiger partial charge in [0.15, 0.2) is 18.1 Å². The third kappa shape index (κ3) is 5.48. The molecule has 178 valence electrons. The molecule has 0 aliphatic carbocycles. The van der Waals surface area contributed by atoms with Crippen molar-refractivity contribution in [2.24, 2.45) is 0 Å². The molecule has 4 rings (SSSR count). The average Bonchev–Trinajstić information content (AvgIpc) is 3.32. The number of fused-ring (bicyclic) bond motifs is 1. The van der Waals surface area contributed by atoms with E-state index in [4.69, 9.17) is 14.2 Å². The maximum atomic E-state index is 13.5. The Morgan fingerprint density at radius 2 is 1.74 bits per heavy atom. The fourth-order valence-electron chi connectivity index (χ4n) is 3.85. The van der Waals surface area contributed by atoms with Gasteiger partial charge in [-0.15, -0.1) is 0 Å². The highest BCUT2D eigenvalue weighted by Crippen LogP contribution is 2.37. The zero-order valence-corrected chi connectivity index (χ0v) is 19.7. The van der Waals surface area contributed by atoms with E-state index in [1.165, 1.54) is 12.1 Å². The molecule has 1 amide bonds. The first-order valence-electron chi connectivity index (χ1n) is 11.4. The number of hydrogen-bond donors (Lipinski definition) is 1. The molecule has 1 N–H and O–H groups in total. The van der Waals surface area contributed by atoms with Gasteiger partial charge < -0.3 is 19.5 Å². The predicted molar refractivity (Wildman–Crippen MR) is 130 cm³/mol. The highest BCUT2D eigenvalue weighted by atomic mass is 19.1. The van der Waals surface area contributed by atoms with Gasteiger partial charge in [-0.1, -0.05) is 32.0 Å². The average molecular weight is 465 g/mol. The van der Waals surface area contributed by atoms with Gasteiger partial charge in [0.1, 0.15) is 11.6 Å². The Bertz CT molecular complexity index is 1180. The smallest absolute Gasteiger partial charge is 0.262 e. The molecule has 0 atom stereocenters. The third-order valence-corrected chi connectivity index (χ3v) is 5.89. The van der Waals surface area contributed by atoms with E-state index in [1.807, 2.05) is 37.3 Å². The first-order valence-corrected chi connectivity index (χ1v) is 11.4. The summed E-state index contributed by atoms with van der Waals surface area (Å²) in [5.41, 5.74) is 4.23.